The Kier molecular flexibility index (Phi) is 3.02. The van der Waals surface area contributed by atoms with Crippen molar-refractivity contribution >= 4 is 15.9 Å². The third-order valence-electron chi connectivity index (χ3n) is 3.75. The monoisotopic (exact) mass is 311 g/mol. The summed E-state index contributed by atoms with van der Waals surface area (Å²) in [6, 6.07) is 2.15. The van der Waals surface area contributed by atoms with Crippen LogP contribution in [0.25, 0.3) is 0 Å². The standard InChI is InChI=1S/C14H18BrNO2/c1-2-10-9(8-14(16)3-4-14)7-11(15)13-12(10)17-5-6-18-13/h7H,2-6,8,16H2,1H3. The molecule has 1 fully saturated rings. The first-order valence-corrected chi connectivity index (χ1v) is 7.31. The van der Waals surface area contributed by atoms with Crippen LogP contribution in [0, 0.1) is 0 Å². The van der Waals surface area contributed by atoms with Gasteiger partial charge in [0, 0.05) is 11.1 Å². The van der Waals surface area contributed by atoms with Gasteiger partial charge in [-0.15, -0.1) is 0 Å². The molecule has 3 nitrogen and oxygen atoms in total. The van der Waals surface area contributed by atoms with Crippen LogP contribution in [-0.4, -0.2) is 18.8 Å². The fourth-order valence-electron chi connectivity index (χ4n) is 2.53. The molecule has 0 radical (unpaired) electrons. The number of nitrogens with two attached hydrogens (primary N) is 1. The van der Waals surface area contributed by atoms with Crippen LogP contribution in [0.3, 0.4) is 0 Å². The Morgan fingerprint density at radius 2 is 1.94 bits per heavy atom. The molecule has 1 aliphatic carbocycles. The number of fused-ring (bicyclic) bond motifs is 1. The third kappa shape index (κ3) is 2.12. The third-order valence-corrected chi connectivity index (χ3v) is 4.34. The van der Waals surface area contributed by atoms with E-state index in [0.29, 0.717) is 13.2 Å². The average Bonchev–Trinajstić information content (AvgIpc) is 3.07. The number of hydrogen-bond donors (Lipinski definition) is 1. The van der Waals surface area contributed by atoms with Gasteiger partial charge in [-0.3, -0.25) is 0 Å². The van der Waals surface area contributed by atoms with Gasteiger partial charge < -0.3 is 15.2 Å². The lowest BCUT2D eigenvalue weighted by Gasteiger charge is -2.25. The van der Waals surface area contributed by atoms with Gasteiger partial charge in [0.1, 0.15) is 13.2 Å². The molecule has 98 valence electrons. The summed E-state index contributed by atoms with van der Waals surface area (Å²) in [5, 5.41) is 0. The summed E-state index contributed by atoms with van der Waals surface area (Å²) in [5.74, 6) is 1.76. The lowest BCUT2D eigenvalue weighted by Crippen LogP contribution is -2.26. The van der Waals surface area contributed by atoms with Crippen LogP contribution in [0.4, 0.5) is 0 Å². The molecule has 3 rings (SSSR count). The second kappa shape index (κ2) is 4.42. The van der Waals surface area contributed by atoms with Gasteiger partial charge in [0.05, 0.1) is 4.47 Å². The zero-order valence-electron chi connectivity index (χ0n) is 10.6. The van der Waals surface area contributed by atoms with Crippen molar-refractivity contribution in [1.29, 1.82) is 0 Å². The average molecular weight is 312 g/mol. The van der Waals surface area contributed by atoms with Gasteiger partial charge in [0.15, 0.2) is 11.5 Å². The molecule has 1 aromatic rings. The second-order valence-corrected chi connectivity index (χ2v) is 6.10. The van der Waals surface area contributed by atoms with Crippen molar-refractivity contribution in [3.8, 4) is 11.5 Å². The van der Waals surface area contributed by atoms with Crippen molar-refractivity contribution in [3.63, 3.8) is 0 Å². The molecule has 2 aliphatic rings. The fraction of sp³-hybridized carbons (Fsp3) is 0.571. The van der Waals surface area contributed by atoms with E-state index in [4.69, 9.17) is 15.2 Å². The first kappa shape index (κ1) is 12.3. The first-order valence-electron chi connectivity index (χ1n) is 6.52. The Morgan fingerprint density at radius 3 is 2.56 bits per heavy atom. The Labute approximate surface area is 116 Å². The maximum atomic E-state index is 6.24. The molecule has 1 heterocycles. The van der Waals surface area contributed by atoms with Gasteiger partial charge in [0.2, 0.25) is 0 Å². The van der Waals surface area contributed by atoms with Gasteiger partial charge in [-0.1, -0.05) is 6.92 Å². The van der Waals surface area contributed by atoms with E-state index in [1.165, 1.54) is 11.1 Å². The van der Waals surface area contributed by atoms with Crippen LogP contribution in [0.5, 0.6) is 11.5 Å². The lowest BCUT2D eigenvalue weighted by atomic mass is 9.96. The molecule has 4 heteroatoms. The largest absolute Gasteiger partial charge is 0.486 e. The fourth-order valence-corrected chi connectivity index (χ4v) is 3.10. The molecule has 1 aliphatic heterocycles. The molecule has 18 heavy (non-hydrogen) atoms. The molecule has 0 aromatic heterocycles. The van der Waals surface area contributed by atoms with Gasteiger partial charge in [0.25, 0.3) is 0 Å². The number of halogens is 1. The minimum absolute atomic E-state index is 0.0210. The predicted molar refractivity (Wildman–Crippen MR) is 74.4 cm³/mol. The molecule has 0 amide bonds. The molecule has 0 unspecified atom stereocenters. The van der Waals surface area contributed by atoms with E-state index in [0.717, 1.165) is 41.7 Å². The van der Waals surface area contributed by atoms with E-state index >= 15 is 0 Å². The minimum atomic E-state index is 0.0210. The SMILES string of the molecule is CCc1c(CC2(N)CC2)cc(Br)c2c1OCCO2. The predicted octanol–water partition coefficient (Wildman–Crippen LogP) is 2.82. The van der Waals surface area contributed by atoms with Crippen LogP contribution >= 0.6 is 15.9 Å². The maximum absolute atomic E-state index is 6.24. The normalized spacial score (nSPS) is 19.7. The Balaban J connectivity index is 2.05. The molecule has 1 saturated carbocycles. The quantitative estimate of drug-likeness (QED) is 0.933. The zero-order valence-corrected chi connectivity index (χ0v) is 12.2. The van der Waals surface area contributed by atoms with Crippen molar-refractivity contribution in [2.45, 2.75) is 38.1 Å². The van der Waals surface area contributed by atoms with Crippen LogP contribution < -0.4 is 15.2 Å². The minimum Gasteiger partial charge on any atom is -0.486 e. The zero-order chi connectivity index (χ0) is 12.8. The van der Waals surface area contributed by atoms with Gasteiger partial charge >= 0.3 is 0 Å². The number of ether oxygens (including phenoxy) is 2. The van der Waals surface area contributed by atoms with Crippen molar-refractivity contribution in [3.05, 3.63) is 21.7 Å². The van der Waals surface area contributed by atoms with Crippen molar-refractivity contribution in [2.75, 3.05) is 13.2 Å². The van der Waals surface area contributed by atoms with E-state index in [-0.39, 0.29) is 5.54 Å². The molecule has 1 aromatic carbocycles. The van der Waals surface area contributed by atoms with E-state index < -0.39 is 0 Å². The second-order valence-electron chi connectivity index (χ2n) is 5.24. The van der Waals surface area contributed by atoms with Crippen LogP contribution in [0.2, 0.25) is 0 Å². The molecule has 0 bridgehead atoms. The maximum Gasteiger partial charge on any atom is 0.175 e. The summed E-state index contributed by atoms with van der Waals surface area (Å²) in [6.07, 6.45) is 4.14. The number of benzene rings is 1. The molecular weight excluding hydrogens is 294 g/mol. The van der Waals surface area contributed by atoms with E-state index in [9.17, 15) is 0 Å². The summed E-state index contributed by atoms with van der Waals surface area (Å²) in [5.41, 5.74) is 8.82. The summed E-state index contributed by atoms with van der Waals surface area (Å²) in [6.45, 7) is 3.40. The van der Waals surface area contributed by atoms with Crippen molar-refractivity contribution in [2.24, 2.45) is 5.73 Å². The van der Waals surface area contributed by atoms with Gasteiger partial charge in [-0.25, -0.2) is 0 Å². The first-order chi connectivity index (χ1) is 8.63. The van der Waals surface area contributed by atoms with Crippen LogP contribution in [-0.2, 0) is 12.8 Å². The molecule has 0 spiro atoms. The Hall–Kier alpha value is -0.740. The smallest absolute Gasteiger partial charge is 0.175 e. The summed E-state index contributed by atoms with van der Waals surface area (Å²) < 4.78 is 12.5. The van der Waals surface area contributed by atoms with Gasteiger partial charge in [-0.2, -0.15) is 0 Å². The van der Waals surface area contributed by atoms with E-state index in [1.54, 1.807) is 0 Å². The molecular formula is C14H18BrNO2. The summed E-state index contributed by atoms with van der Waals surface area (Å²) in [4.78, 5) is 0. The van der Waals surface area contributed by atoms with Crippen LogP contribution in [0.15, 0.2) is 10.5 Å². The Bertz CT molecular complexity index is 483. The molecule has 0 atom stereocenters. The highest BCUT2D eigenvalue weighted by Crippen LogP contribution is 2.45. The van der Waals surface area contributed by atoms with E-state index in [2.05, 4.69) is 28.9 Å². The Morgan fingerprint density at radius 1 is 1.28 bits per heavy atom. The topological polar surface area (TPSA) is 44.5 Å². The van der Waals surface area contributed by atoms with Crippen LogP contribution in [0.1, 0.15) is 30.9 Å². The number of rotatable bonds is 3. The highest BCUT2D eigenvalue weighted by atomic mass is 79.9. The number of hydrogen-bond acceptors (Lipinski definition) is 3. The highest BCUT2D eigenvalue weighted by molar-refractivity contribution is 9.10. The molecule has 0 saturated heterocycles. The van der Waals surface area contributed by atoms with Gasteiger partial charge in [-0.05, 0) is 53.2 Å². The summed E-state index contributed by atoms with van der Waals surface area (Å²) >= 11 is 3.58. The van der Waals surface area contributed by atoms with E-state index in [1.807, 2.05) is 0 Å². The lowest BCUT2D eigenvalue weighted by molar-refractivity contribution is 0.168. The van der Waals surface area contributed by atoms with Crippen molar-refractivity contribution in [1.82, 2.24) is 0 Å². The highest BCUT2D eigenvalue weighted by Gasteiger charge is 2.39. The molecule has 2 N–H and O–H groups in total. The summed E-state index contributed by atoms with van der Waals surface area (Å²) in [7, 11) is 0. The van der Waals surface area contributed by atoms with Crippen molar-refractivity contribution < 1.29 is 9.47 Å².